The fraction of sp³-hybridized carbons (Fsp3) is 0.211. The van der Waals surface area contributed by atoms with Gasteiger partial charge in [-0.2, -0.15) is 0 Å². The van der Waals surface area contributed by atoms with Gasteiger partial charge in [-0.1, -0.05) is 30.3 Å². The zero-order valence-corrected chi connectivity index (χ0v) is 13.8. The van der Waals surface area contributed by atoms with Crippen LogP contribution in [0.3, 0.4) is 0 Å². The van der Waals surface area contributed by atoms with Crippen LogP contribution in [0.25, 0.3) is 10.9 Å². The highest BCUT2D eigenvalue weighted by atomic mass is 16.2. The predicted octanol–water partition coefficient (Wildman–Crippen LogP) is 2.98. The van der Waals surface area contributed by atoms with E-state index in [1.165, 1.54) is 0 Å². The number of piperazine rings is 1. The molecule has 1 fully saturated rings. The molecule has 0 saturated carbocycles. The van der Waals surface area contributed by atoms with Crippen molar-refractivity contribution >= 4 is 28.4 Å². The quantitative estimate of drug-likeness (QED) is 0.783. The molecule has 2 heterocycles. The average molecular weight is 333 g/mol. The van der Waals surface area contributed by atoms with Gasteiger partial charge >= 0.3 is 6.03 Å². The Hall–Kier alpha value is -3.15. The molecule has 6 nitrogen and oxygen atoms in total. The highest BCUT2D eigenvalue weighted by molar-refractivity contribution is 5.90. The average Bonchev–Trinajstić information content (AvgIpc) is 2.68. The zero-order valence-electron chi connectivity index (χ0n) is 13.8. The number of amides is 2. The van der Waals surface area contributed by atoms with E-state index in [1.54, 1.807) is 6.33 Å². The lowest BCUT2D eigenvalue weighted by atomic mass is 10.2. The Balaban J connectivity index is 1.43. The minimum absolute atomic E-state index is 0.0570. The number of nitrogens with one attached hydrogen (secondary N) is 1. The second kappa shape index (κ2) is 6.76. The van der Waals surface area contributed by atoms with Crippen molar-refractivity contribution in [3.8, 4) is 0 Å². The van der Waals surface area contributed by atoms with Crippen LogP contribution < -0.4 is 10.2 Å². The molecule has 4 rings (SSSR count). The molecule has 25 heavy (non-hydrogen) atoms. The Morgan fingerprint density at radius 2 is 1.60 bits per heavy atom. The first-order valence-corrected chi connectivity index (χ1v) is 8.37. The van der Waals surface area contributed by atoms with E-state index in [4.69, 9.17) is 0 Å². The molecule has 1 aliphatic heterocycles. The van der Waals surface area contributed by atoms with Gasteiger partial charge in [-0.25, -0.2) is 14.8 Å². The van der Waals surface area contributed by atoms with Crippen LogP contribution >= 0.6 is 0 Å². The van der Waals surface area contributed by atoms with Gasteiger partial charge in [0, 0.05) is 37.3 Å². The third-order valence-corrected chi connectivity index (χ3v) is 4.41. The molecule has 0 bridgehead atoms. The van der Waals surface area contributed by atoms with Gasteiger partial charge in [-0.15, -0.1) is 0 Å². The molecule has 2 aromatic carbocycles. The Kier molecular flexibility index (Phi) is 4.16. The van der Waals surface area contributed by atoms with Crippen LogP contribution in [-0.4, -0.2) is 47.1 Å². The Labute approximate surface area is 146 Å². The fourth-order valence-corrected chi connectivity index (χ4v) is 3.09. The van der Waals surface area contributed by atoms with Crippen molar-refractivity contribution in [1.82, 2.24) is 14.9 Å². The van der Waals surface area contributed by atoms with Crippen molar-refractivity contribution in [3.63, 3.8) is 0 Å². The topological polar surface area (TPSA) is 61.4 Å². The minimum Gasteiger partial charge on any atom is -0.352 e. The molecule has 3 aromatic rings. The van der Waals surface area contributed by atoms with Crippen LogP contribution in [0, 0.1) is 0 Å². The number of carbonyl (C=O) groups is 1. The van der Waals surface area contributed by atoms with E-state index in [0.717, 1.165) is 35.5 Å². The van der Waals surface area contributed by atoms with E-state index in [0.29, 0.717) is 13.1 Å². The van der Waals surface area contributed by atoms with Gasteiger partial charge < -0.3 is 15.1 Å². The molecule has 1 aliphatic rings. The zero-order chi connectivity index (χ0) is 17.1. The fourth-order valence-electron chi connectivity index (χ4n) is 3.09. The predicted molar refractivity (Wildman–Crippen MR) is 98.8 cm³/mol. The van der Waals surface area contributed by atoms with Gasteiger partial charge in [0.2, 0.25) is 0 Å². The van der Waals surface area contributed by atoms with E-state index in [-0.39, 0.29) is 6.03 Å². The summed E-state index contributed by atoms with van der Waals surface area (Å²) in [5, 5.41) is 3.99. The summed E-state index contributed by atoms with van der Waals surface area (Å²) in [4.78, 5) is 25.2. The summed E-state index contributed by atoms with van der Waals surface area (Å²) in [5.41, 5.74) is 1.76. The van der Waals surface area contributed by atoms with Crippen LogP contribution in [0.5, 0.6) is 0 Å². The number of urea groups is 1. The summed E-state index contributed by atoms with van der Waals surface area (Å²) >= 11 is 0. The maximum atomic E-state index is 12.4. The Morgan fingerprint density at radius 3 is 2.40 bits per heavy atom. The molecule has 2 amide bonds. The lowest BCUT2D eigenvalue weighted by Crippen LogP contribution is -2.50. The first kappa shape index (κ1) is 15.4. The van der Waals surface area contributed by atoms with Crippen LogP contribution in [0.1, 0.15) is 0 Å². The third kappa shape index (κ3) is 3.24. The van der Waals surface area contributed by atoms with E-state index in [9.17, 15) is 4.79 Å². The SMILES string of the molecule is O=C(Nc1ccccc1)N1CCN(c2ncnc3ccccc23)CC1. The van der Waals surface area contributed by atoms with Gasteiger partial charge in [0.15, 0.2) is 0 Å². The van der Waals surface area contributed by atoms with E-state index < -0.39 is 0 Å². The number of anilines is 2. The second-order valence-electron chi connectivity index (χ2n) is 5.98. The maximum absolute atomic E-state index is 12.4. The number of fused-ring (bicyclic) bond motifs is 1. The molecular formula is C19H19N5O. The van der Waals surface area contributed by atoms with Gasteiger partial charge in [0.25, 0.3) is 0 Å². The van der Waals surface area contributed by atoms with E-state index >= 15 is 0 Å². The number of hydrogen-bond donors (Lipinski definition) is 1. The molecule has 6 heteroatoms. The lowest BCUT2D eigenvalue weighted by molar-refractivity contribution is 0.208. The number of benzene rings is 2. The van der Waals surface area contributed by atoms with Crippen molar-refractivity contribution in [3.05, 3.63) is 60.9 Å². The van der Waals surface area contributed by atoms with Crippen molar-refractivity contribution in [2.45, 2.75) is 0 Å². The van der Waals surface area contributed by atoms with Crippen LogP contribution in [0.2, 0.25) is 0 Å². The van der Waals surface area contributed by atoms with Gasteiger partial charge in [0.1, 0.15) is 12.1 Å². The summed E-state index contributed by atoms with van der Waals surface area (Å²) in [7, 11) is 0. The van der Waals surface area contributed by atoms with Crippen molar-refractivity contribution in [2.75, 3.05) is 36.4 Å². The van der Waals surface area contributed by atoms with Gasteiger partial charge in [-0.3, -0.25) is 0 Å². The number of aromatic nitrogens is 2. The summed E-state index contributed by atoms with van der Waals surface area (Å²) in [6, 6.07) is 17.5. The largest absolute Gasteiger partial charge is 0.352 e. The molecule has 1 N–H and O–H groups in total. The molecule has 1 saturated heterocycles. The second-order valence-corrected chi connectivity index (χ2v) is 5.98. The number of rotatable bonds is 2. The summed E-state index contributed by atoms with van der Waals surface area (Å²) in [5.74, 6) is 0.939. The highest BCUT2D eigenvalue weighted by Gasteiger charge is 2.23. The number of carbonyl (C=O) groups excluding carboxylic acids is 1. The van der Waals surface area contributed by atoms with Crippen molar-refractivity contribution in [1.29, 1.82) is 0 Å². The van der Waals surface area contributed by atoms with Crippen molar-refractivity contribution < 1.29 is 4.79 Å². The molecule has 0 aliphatic carbocycles. The normalized spacial score (nSPS) is 14.6. The van der Waals surface area contributed by atoms with Gasteiger partial charge in [-0.05, 0) is 24.3 Å². The standard InChI is InChI=1S/C19H19N5O/c25-19(22-15-6-2-1-3-7-15)24-12-10-23(11-13-24)18-16-8-4-5-9-17(16)20-14-21-18/h1-9,14H,10-13H2,(H,22,25). The highest BCUT2D eigenvalue weighted by Crippen LogP contribution is 2.23. The van der Waals surface area contributed by atoms with E-state index in [2.05, 4.69) is 20.2 Å². The minimum atomic E-state index is -0.0570. The molecule has 1 aromatic heterocycles. The molecule has 0 spiro atoms. The monoisotopic (exact) mass is 333 g/mol. The van der Waals surface area contributed by atoms with Crippen LogP contribution in [-0.2, 0) is 0 Å². The first-order valence-electron chi connectivity index (χ1n) is 8.37. The summed E-state index contributed by atoms with van der Waals surface area (Å²) < 4.78 is 0. The number of nitrogens with zero attached hydrogens (tertiary/aromatic N) is 4. The molecule has 0 radical (unpaired) electrons. The van der Waals surface area contributed by atoms with Crippen LogP contribution in [0.4, 0.5) is 16.3 Å². The summed E-state index contributed by atoms with van der Waals surface area (Å²) in [6.45, 7) is 2.83. The third-order valence-electron chi connectivity index (χ3n) is 4.41. The Bertz CT molecular complexity index is 870. The summed E-state index contributed by atoms with van der Waals surface area (Å²) in [6.07, 6.45) is 1.60. The van der Waals surface area contributed by atoms with Gasteiger partial charge in [0.05, 0.1) is 5.52 Å². The number of hydrogen-bond acceptors (Lipinski definition) is 4. The maximum Gasteiger partial charge on any atom is 0.321 e. The smallest absolute Gasteiger partial charge is 0.321 e. The molecule has 126 valence electrons. The lowest BCUT2D eigenvalue weighted by Gasteiger charge is -2.35. The Morgan fingerprint density at radius 1 is 0.880 bits per heavy atom. The molecule has 0 unspecified atom stereocenters. The van der Waals surface area contributed by atoms with Crippen LogP contribution in [0.15, 0.2) is 60.9 Å². The van der Waals surface area contributed by atoms with Crippen molar-refractivity contribution in [2.24, 2.45) is 0 Å². The van der Waals surface area contributed by atoms with E-state index in [1.807, 2.05) is 59.5 Å². The first-order chi connectivity index (χ1) is 12.3. The molecular weight excluding hydrogens is 314 g/mol. The molecule has 0 atom stereocenters. The number of para-hydroxylation sites is 2.